The molecule has 0 saturated carbocycles. The van der Waals surface area contributed by atoms with Crippen LogP contribution >= 0.6 is 11.3 Å². The van der Waals surface area contributed by atoms with Crippen LogP contribution in [-0.4, -0.2) is 49.3 Å². The summed E-state index contributed by atoms with van der Waals surface area (Å²) < 4.78 is 17.9. The molecule has 6 heteroatoms. The van der Waals surface area contributed by atoms with E-state index < -0.39 is 6.10 Å². The fourth-order valence-electron chi connectivity index (χ4n) is 2.34. The molecular weight excluding hydrogens is 317 g/mol. The van der Waals surface area contributed by atoms with Crippen molar-refractivity contribution < 1.29 is 19.0 Å². The number of aliphatic hydroxyl groups excluding tert-OH is 1. The van der Waals surface area contributed by atoms with Gasteiger partial charge in [-0.15, -0.1) is 11.3 Å². The maximum atomic E-state index is 13.0. The minimum Gasteiger partial charge on any atom is -0.389 e. The summed E-state index contributed by atoms with van der Waals surface area (Å²) in [5, 5.41) is 9.73. The Morgan fingerprint density at radius 3 is 2.65 bits per heavy atom. The first kappa shape index (κ1) is 17.6. The van der Waals surface area contributed by atoms with Crippen molar-refractivity contribution in [2.75, 3.05) is 27.3 Å². The highest BCUT2D eigenvalue weighted by molar-refractivity contribution is 7.14. The molecule has 0 spiro atoms. The number of amides is 1. The minimum atomic E-state index is -0.716. The van der Waals surface area contributed by atoms with Gasteiger partial charge < -0.3 is 14.7 Å². The van der Waals surface area contributed by atoms with Crippen molar-refractivity contribution in [3.63, 3.8) is 0 Å². The molecule has 0 unspecified atom stereocenters. The van der Waals surface area contributed by atoms with Gasteiger partial charge in [-0.3, -0.25) is 4.79 Å². The van der Waals surface area contributed by atoms with Crippen LogP contribution in [0.4, 0.5) is 4.39 Å². The number of halogens is 1. The largest absolute Gasteiger partial charge is 0.389 e. The van der Waals surface area contributed by atoms with E-state index in [1.165, 1.54) is 35.5 Å². The number of ether oxygens (including phenoxy) is 1. The number of nitrogens with zero attached hydrogens (tertiary/aromatic N) is 1. The molecule has 1 atom stereocenters. The van der Waals surface area contributed by atoms with Crippen LogP contribution in [0.25, 0.3) is 11.1 Å². The molecule has 23 heavy (non-hydrogen) atoms. The average Bonchev–Trinajstić information content (AvgIpc) is 2.89. The third-order valence-electron chi connectivity index (χ3n) is 3.47. The molecule has 4 nitrogen and oxygen atoms in total. The van der Waals surface area contributed by atoms with Gasteiger partial charge in [0, 0.05) is 25.6 Å². The molecule has 0 fully saturated rings. The van der Waals surface area contributed by atoms with Crippen molar-refractivity contribution in [1.82, 2.24) is 4.90 Å². The summed E-state index contributed by atoms with van der Waals surface area (Å²) in [4.78, 5) is 15.5. The van der Waals surface area contributed by atoms with Crippen molar-refractivity contribution in [3.8, 4) is 11.1 Å². The molecule has 0 aliphatic rings. The summed E-state index contributed by atoms with van der Waals surface area (Å²) in [7, 11) is 3.15. The number of aryl methyl sites for hydroxylation is 1. The Hall–Kier alpha value is -1.76. The number of methoxy groups -OCH3 is 1. The van der Waals surface area contributed by atoms with Gasteiger partial charge in [-0.1, -0.05) is 12.1 Å². The zero-order chi connectivity index (χ0) is 17.0. The van der Waals surface area contributed by atoms with Gasteiger partial charge in [0.1, 0.15) is 5.82 Å². The van der Waals surface area contributed by atoms with Crippen molar-refractivity contribution in [1.29, 1.82) is 0 Å². The lowest BCUT2D eigenvalue weighted by atomic mass is 10.1. The van der Waals surface area contributed by atoms with Crippen LogP contribution < -0.4 is 0 Å². The first-order valence-corrected chi connectivity index (χ1v) is 8.03. The van der Waals surface area contributed by atoms with Crippen LogP contribution in [0, 0.1) is 12.7 Å². The third kappa shape index (κ3) is 4.37. The van der Waals surface area contributed by atoms with Gasteiger partial charge in [0.25, 0.3) is 5.91 Å². The summed E-state index contributed by atoms with van der Waals surface area (Å²) >= 11 is 1.39. The van der Waals surface area contributed by atoms with Crippen molar-refractivity contribution in [3.05, 3.63) is 45.9 Å². The Morgan fingerprint density at radius 1 is 1.39 bits per heavy atom. The van der Waals surface area contributed by atoms with Gasteiger partial charge in [-0.25, -0.2) is 4.39 Å². The fraction of sp³-hybridized carbons (Fsp3) is 0.353. The molecule has 0 aliphatic heterocycles. The van der Waals surface area contributed by atoms with Crippen LogP contribution in [0.15, 0.2) is 30.3 Å². The normalized spacial score (nSPS) is 12.2. The van der Waals surface area contributed by atoms with Gasteiger partial charge in [0.15, 0.2) is 0 Å². The highest BCUT2D eigenvalue weighted by Gasteiger charge is 2.19. The summed E-state index contributed by atoms with van der Waals surface area (Å²) in [5.41, 5.74) is 1.80. The highest BCUT2D eigenvalue weighted by Crippen LogP contribution is 2.31. The molecule has 1 aromatic carbocycles. The molecule has 0 radical (unpaired) electrons. The zero-order valence-electron chi connectivity index (χ0n) is 13.4. The second-order valence-electron chi connectivity index (χ2n) is 5.38. The molecule has 1 heterocycles. The van der Waals surface area contributed by atoms with E-state index in [9.17, 15) is 14.3 Å². The predicted octanol–water partition coefficient (Wildman–Crippen LogP) is 2.94. The molecular formula is C17H20FNO3S. The second kappa shape index (κ2) is 7.68. The van der Waals surface area contributed by atoms with Crippen LogP contribution in [-0.2, 0) is 4.74 Å². The number of thiophene rings is 1. The standard InChI is InChI=1S/C17H20FNO3S/c1-11-15(12-4-6-13(18)7-5-12)8-16(23-11)17(21)19(2)9-14(20)10-22-3/h4-8,14,20H,9-10H2,1-3H3/t14-/m1/s1. The van der Waals surface area contributed by atoms with E-state index in [2.05, 4.69) is 0 Å². The lowest BCUT2D eigenvalue weighted by Crippen LogP contribution is -2.35. The van der Waals surface area contributed by atoms with Gasteiger partial charge in [0.2, 0.25) is 0 Å². The Labute approximate surface area is 139 Å². The quantitative estimate of drug-likeness (QED) is 0.882. The molecule has 1 N–H and O–H groups in total. The van der Waals surface area contributed by atoms with E-state index in [1.807, 2.05) is 13.0 Å². The monoisotopic (exact) mass is 337 g/mol. The average molecular weight is 337 g/mol. The van der Waals surface area contributed by atoms with Crippen molar-refractivity contribution >= 4 is 17.2 Å². The fourth-order valence-corrected chi connectivity index (χ4v) is 3.37. The number of likely N-dealkylation sites (N-methyl/N-ethyl adjacent to an activating group) is 1. The van der Waals surface area contributed by atoms with E-state index in [1.54, 1.807) is 19.2 Å². The number of hydrogen-bond acceptors (Lipinski definition) is 4. The lowest BCUT2D eigenvalue weighted by Gasteiger charge is -2.19. The minimum absolute atomic E-state index is 0.151. The molecule has 124 valence electrons. The van der Waals surface area contributed by atoms with Crippen LogP contribution in [0.2, 0.25) is 0 Å². The summed E-state index contributed by atoms with van der Waals surface area (Å²) in [6.07, 6.45) is -0.716. The second-order valence-corrected chi connectivity index (χ2v) is 6.64. The van der Waals surface area contributed by atoms with Crippen molar-refractivity contribution in [2.45, 2.75) is 13.0 Å². The molecule has 0 aliphatic carbocycles. The number of carbonyl (C=O) groups excluding carboxylic acids is 1. The number of rotatable bonds is 6. The Kier molecular flexibility index (Phi) is 5.87. The maximum absolute atomic E-state index is 13.0. The first-order chi connectivity index (χ1) is 10.9. The number of carbonyl (C=O) groups is 1. The molecule has 0 saturated heterocycles. The van der Waals surface area contributed by atoms with E-state index in [4.69, 9.17) is 4.74 Å². The van der Waals surface area contributed by atoms with Crippen LogP contribution in [0.5, 0.6) is 0 Å². The predicted molar refractivity (Wildman–Crippen MR) is 89.3 cm³/mol. The smallest absolute Gasteiger partial charge is 0.263 e. The molecule has 0 bridgehead atoms. The molecule has 1 amide bonds. The molecule has 1 aromatic heterocycles. The highest BCUT2D eigenvalue weighted by atomic mass is 32.1. The maximum Gasteiger partial charge on any atom is 0.263 e. The van der Waals surface area contributed by atoms with E-state index in [0.717, 1.165) is 16.0 Å². The topological polar surface area (TPSA) is 49.8 Å². The summed E-state index contributed by atoms with van der Waals surface area (Å²) in [6.45, 7) is 2.32. The Balaban J connectivity index is 2.16. The van der Waals surface area contributed by atoms with Gasteiger partial charge in [0.05, 0.1) is 17.6 Å². The third-order valence-corrected chi connectivity index (χ3v) is 4.51. The lowest BCUT2D eigenvalue weighted by molar-refractivity contribution is 0.0382. The Morgan fingerprint density at radius 2 is 2.04 bits per heavy atom. The zero-order valence-corrected chi connectivity index (χ0v) is 14.2. The van der Waals surface area contributed by atoms with E-state index in [-0.39, 0.29) is 24.9 Å². The van der Waals surface area contributed by atoms with E-state index in [0.29, 0.717) is 4.88 Å². The first-order valence-electron chi connectivity index (χ1n) is 7.21. The molecule has 2 aromatic rings. The van der Waals surface area contributed by atoms with Gasteiger partial charge in [-0.05, 0) is 36.2 Å². The SMILES string of the molecule is COC[C@H](O)CN(C)C(=O)c1cc(-c2ccc(F)cc2)c(C)s1. The van der Waals surface area contributed by atoms with Crippen molar-refractivity contribution in [2.24, 2.45) is 0 Å². The van der Waals surface area contributed by atoms with Gasteiger partial charge >= 0.3 is 0 Å². The molecule has 2 rings (SSSR count). The van der Waals surface area contributed by atoms with E-state index >= 15 is 0 Å². The van der Waals surface area contributed by atoms with Gasteiger partial charge in [-0.2, -0.15) is 0 Å². The summed E-state index contributed by atoms with van der Waals surface area (Å²) in [5.74, 6) is -0.439. The number of benzene rings is 1. The number of aliphatic hydroxyl groups is 1. The van der Waals surface area contributed by atoms with Crippen LogP contribution in [0.1, 0.15) is 14.5 Å². The van der Waals surface area contributed by atoms with Crippen LogP contribution in [0.3, 0.4) is 0 Å². The Bertz CT molecular complexity index is 669. The summed E-state index contributed by atoms with van der Waals surface area (Å²) in [6, 6.07) is 8.02. The number of hydrogen-bond donors (Lipinski definition) is 1.